The summed E-state index contributed by atoms with van der Waals surface area (Å²) in [6.45, 7) is 0. The Morgan fingerprint density at radius 2 is 2.00 bits per heavy atom. The number of fused-ring (bicyclic) bond motifs is 1. The second-order valence-corrected chi connectivity index (χ2v) is 6.08. The van der Waals surface area contributed by atoms with Crippen molar-refractivity contribution in [2.45, 2.75) is 0 Å². The van der Waals surface area contributed by atoms with Crippen molar-refractivity contribution in [2.75, 3.05) is 12.4 Å². The molecule has 8 heteroatoms. The number of carbonyl (C=O) groups excluding carboxylic acids is 1. The summed E-state index contributed by atoms with van der Waals surface area (Å²) in [4.78, 5) is 17.7. The van der Waals surface area contributed by atoms with Crippen LogP contribution in [-0.2, 0) is 0 Å². The van der Waals surface area contributed by atoms with Crippen LogP contribution in [0, 0.1) is 0 Å². The van der Waals surface area contributed by atoms with E-state index in [1.165, 1.54) is 7.11 Å². The molecule has 0 saturated carbocycles. The largest absolute Gasteiger partial charge is 0.480 e. The van der Waals surface area contributed by atoms with Gasteiger partial charge < -0.3 is 10.1 Å². The van der Waals surface area contributed by atoms with E-state index in [-0.39, 0.29) is 11.6 Å². The van der Waals surface area contributed by atoms with Crippen LogP contribution in [0.3, 0.4) is 0 Å². The molecule has 25 heavy (non-hydrogen) atoms. The van der Waals surface area contributed by atoms with Crippen LogP contribution in [0.4, 0.5) is 5.69 Å². The van der Waals surface area contributed by atoms with Crippen LogP contribution in [0.25, 0.3) is 16.2 Å². The number of nitrogens with zero attached hydrogens (tertiary/aromatic N) is 4. The van der Waals surface area contributed by atoms with Gasteiger partial charge >= 0.3 is 0 Å². The number of ether oxygens (including phenoxy) is 1. The topological polar surface area (TPSA) is 81.4 Å². The molecule has 0 bridgehead atoms. The Morgan fingerprint density at radius 1 is 1.16 bits per heavy atom. The van der Waals surface area contributed by atoms with E-state index >= 15 is 0 Å². The van der Waals surface area contributed by atoms with Crippen molar-refractivity contribution in [2.24, 2.45) is 0 Å². The van der Waals surface area contributed by atoms with E-state index in [1.807, 2.05) is 46.4 Å². The van der Waals surface area contributed by atoms with E-state index in [0.29, 0.717) is 11.6 Å². The number of nitrogens with one attached hydrogen (secondary N) is 1. The van der Waals surface area contributed by atoms with Gasteiger partial charge in [0.25, 0.3) is 5.91 Å². The standard InChI is InChI=1S/C17H13N5O2S/c1-24-15-7-6-13(20-21-15)16(23)18-12-4-2-11(3-5-12)14-10-22-8-9-25-17(22)19-14/h2-10H,1H3,(H,18,23). The Hall–Kier alpha value is -3.26. The van der Waals surface area contributed by atoms with Crippen molar-refractivity contribution >= 4 is 27.9 Å². The smallest absolute Gasteiger partial charge is 0.276 e. The summed E-state index contributed by atoms with van der Waals surface area (Å²) >= 11 is 1.59. The highest BCUT2D eigenvalue weighted by molar-refractivity contribution is 7.15. The molecule has 1 N–H and O–H groups in total. The fraction of sp³-hybridized carbons (Fsp3) is 0.0588. The molecule has 1 amide bonds. The normalized spacial score (nSPS) is 10.8. The quantitative estimate of drug-likeness (QED) is 0.611. The van der Waals surface area contributed by atoms with Gasteiger partial charge in [-0.15, -0.1) is 21.5 Å². The highest BCUT2D eigenvalue weighted by Crippen LogP contribution is 2.23. The van der Waals surface area contributed by atoms with E-state index in [9.17, 15) is 4.79 Å². The van der Waals surface area contributed by atoms with Gasteiger partial charge in [0.1, 0.15) is 0 Å². The van der Waals surface area contributed by atoms with Crippen LogP contribution >= 0.6 is 11.3 Å². The van der Waals surface area contributed by atoms with Gasteiger partial charge in [0.15, 0.2) is 10.7 Å². The number of benzene rings is 1. The molecule has 7 nitrogen and oxygen atoms in total. The van der Waals surface area contributed by atoms with Gasteiger partial charge in [0.2, 0.25) is 5.88 Å². The van der Waals surface area contributed by atoms with Gasteiger partial charge in [-0.3, -0.25) is 9.20 Å². The van der Waals surface area contributed by atoms with Crippen molar-refractivity contribution in [1.29, 1.82) is 0 Å². The SMILES string of the molecule is COc1ccc(C(=O)Nc2ccc(-c3cn4ccsc4n3)cc2)nn1. The first kappa shape index (κ1) is 15.3. The molecule has 0 aliphatic rings. The molecule has 0 fully saturated rings. The van der Waals surface area contributed by atoms with Gasteiger partial charge in [-0.25, -0.2) is 4.98 Å². The third-order valence-corrected chi connectivity index (χ3v) is 4.38. The maximum atomic E-state index is 12.2. The van der Waals surface area contributed by atoms with Gasteiger partial charge in [-0.1, -0.05) is 12.1 Å². The number of thiazole rings is 1. The lowest BCUT2D eigenvalue weighted by atomic mass is 10.1. The third-order valence-electron chi connectivity index (χ3n) is 3.61. The second kappa shape index (κ2) is 6.33. The second-order valence-electron chi connectivity index (χ2n) is 5.21. The fourth-order valence-electron chi connectivity index (χ4n) is 2.34. The predicted molar refractivity (Wildman–Crippen MR) is 95.0 cm³/mol. The lowest BCUT2D eigenvalue weighted by Crippen LogP contribution is -2.14. The molecule has 124 valence electrons. The molecule has 0 saturated heterocycles. The first-order valence-electron chi connectivity index (χ1n) is 7.44. The Kier molecular flexibility index (Phi) is 3.87. The van der Waals surface area contributed by atoms with Gasteiger partial charge in [0.05, 0.1) is 12.8 Å². The Bertz CT molecular complexity index is 993. The van der Waals surface area contributed by atoms with Gasteiger partial charge in [0, 0.05) is 35.1 Å². The maximum absolute atomic E-state index is 12.2. The third kappa shape index (κ3) is 3.07. The molecule has 1 aromatic carbocycles. The number of rotatable bonds is 4. The summed E-state index contributed by atoms with van der Waals surface area (Å²) in [5, 5.41) is 12.4. The summed E-state index contributed by atoms with van der Waals surface area (Å²) in [5.74, 6) is 0.0336. The lowest BCUT2D eigenvalue weighted by molar-refractivity contribution is 0.102. The zero-order chi connectivity index (χ0) is 17.2. The minimum absolute atomic E-state index is 0.221. The van der Waals surface area contributed by atoms with Gasteiger partial charge in [-0.2, -0.15) is 0 Å². The van der Waals surface area contributed by atoms with E-state index in [2.05, 4.69) is 20.5 Å². The first-order chi connectivity index (χ1) is 12.2. The summed E-state index contributed by atoms with van der Waals surface area (Å²) in [7, 11) is 1.50. The molecule has 0 radical (unpaired) electrons. The number of carbonyl (C=O) groups is 1. The first-order valence-corrected chi connectivity index (χ1v) is 8.32. The Labute approximate surface area is 146 Å². The maximum Gasteiger partial charge on any atom is 0.276 e. The molecule has 0 spiro atoms. The number of hydrogen-bond donors (Lipinski definition) is 1. The van der Waals surface area contributed by atoms with Crippen molar-refractivity contribution in [1.82, 2.24) is 19.6 Å². The van der Waals surface area contributed by atoms with E-state index in [1.54, 1.807) is 23.5 Å². The minimum Gasteiger partial charge on any atom is -0.480 e. The van der Waals surface area contributed by atoms with Crippen molar-refractivity contribution in [3.05, 3.63) is 59.9 Å². The highest BCUT2D eigenvalue weighted by Gasteiger charge is 2.10. The zero-order valence-electron chi connectivity index (χ0n) is 13.2. The molecule has 3 aromatic heterocycles. The van der Waals surface area contributed by atoms with Gasteiger partial charge in [-0.05, 0) is 18.2 Å². The molecular formula is C17H13N5O2S. The lowest BCUT2D eigenvalue weighted by Gasteiger charge is -2.05. The van der Waals surface area contributed by atoms with Crippen LogP contribution in [-0.4, -0.2) is 32.6 Å². The molecule has 0 unspecified atom stereocenters. The highest BCUT2D eigenvalue weighted by atomic mass is 32.1. The summed E-state index contributed by atoms with van der Waals surface area (Å²) in [5.41, 5.74) is 2.77. The molecule has 3 heterocycles. The number of hydrogen-bond acceptors (Lipinski definition) is 6. The van der Waals surface area contributed by atoms with Crippen molar-refractivity contribution in [3.63, 3.8) is 0 Å². The Balaban J connectivity index is 1.49. The molecular weight excluding hydrogens is 338 g/mol. The number of imidazole rings is 1. The van der Waals surface area contributed by atoms with E-state index in [0.717, 1.165) is 16.2 Å². The van der Waals surface area contributed by atoms with Crippen LogP contribution in [0.1, 0.15) is 10.5 Å². The molecule has 0 aliphatic carbocycles. The average Bonchev–Trinajstić information content (AvgIpc) is 3.24. The number of methoxy groups -OCH3 is 1. The van der Waals surface area contributed by atoms with Crippen molar-refractivity contribution in [3.8, 4) is 17.1 Å². The van der Waals surface area contributed by atoms with Crippen LogP contribution < -0.4 is 10.1 Å². The monoisotopic (exact) mass is 351 g/mol. The zero-order valence-corrected chi connectivity index (χ0v) is 14.0. The summed E-state index contributed by atoms with van der Waals surface area (Å²) in [6.07, 6.45) is 3.95. The predicted octanol–water partition coefficient (Wildman–Crippen LogP) is 3.11. The summed E-state index contributed by atoms with van der Waals surface area (Å²) < 4.78 is 6.91. The fourth-order valence-corrected chi connectivity index (χ4v) is 3.04. The number of amides is 1. The molecule has 4 rings (SSSR count). The van der Waals surface area contributed by atoms with Crippen molar-refractivity contribution < 1.29 is 9.53 Å². The summed E-state index contributed by atoms with van der Waals surface area (Å²) in [6, 6.07) is 10.7. The van der Waals surface area contributed by atoms with Crippen LogP contribution in [0.15, 0.2) is 54.2 Å². The van der Waals surface area contributed by atoms with E-state index < -0.39 is 0 Å². The average molecular weight is 351 g/mol. The number of aromatic nitrogens is 4. The van der Waals surface area contributed by atoms with Crippen LogP contribution in [0.5, 0.6) is 5.88 Å². The van der Waals surface area contributed by atoms with E-state index in [4.69, 9.17) is 4.74 Å². The molecule has 0 atom stereocenters. The number of anilines is 1. The Morgan fingerprint density at radius 3 is 2.68 bits per heavy atom. The molecule has 4 aromatic rings. The van der Waals surface area contributed by atoms with Crippen LogP contribution in [0.2, 0.25) is 0 Å². The minimum atomic E-state index is -0.328. The molecule has 0 aliphatic heterocycles.